The maximum atomic E-state index is 12.6. The lowest BCUT2D eigenvalue weighted by molar-refractivity contribution is 0.0673. The van der Waals surface area contributed by atoms with Gasteiger partial charge in [0.25, 0.3) is 11.8 Å². The van der Waals surface area contributed by atoms with Crippen LogP contribution in [-0.2, 0) is 0 Å². The lowest BCUT2D eigenvalue weighted by Crippen LogP contribution is -2.38. The maximum absolute atomic E-state index is 12.6. The number of aryl methyl sites for hydroxylation is 1. The number of halogens is 1. The molecule has 2 amide bonds. The van der Waals surface area contributed by atoms with Crippen LogP contribution >= 0.6 is 27.3 Å². The van der Waals surface area contributed by atoms with E-state index in [4.69, 9.17) is 4.42 Å². The van der Waals surface area contributed by atoms with E-state index < -0.39 is 0 Å². The number of amides is 2. The van der Waals surface area contributed by atoms with Crippen LogP contribution in [0.5, 0.6) is 0 Å². The minimum atomic E-state index is -0.276. The zero-order chi connectivity index (χ0) is 20.4. The van der Waals surface area contributed by atoms with Crippen molar-refractivity contribution in [3.05, 3.63) is 62.4 Å². The Balaban J connectivity index is 1.42. The summed E-state index contributed by atoms with van der Waals surface area (Å²) in [6, 6.07) is 10.9. The Bertz CT molecular complexity index is 1030. The summed E-state index contributed by atoms with van der Waals surface area (Å²) in [5.41, 5.74) is 1.84. The molecule has 1 aliphatic heterocycles. The number of nitrogens with one attached hydrogen (secondary N) is 1. The average Bonchev–Trinajstić information content (AvgIpc) is 3.39. The van der Waals surface area contributed by atoms with Gasteiger partial charge in [-0.2, -0.15) is 0 Å². The largest absolute Gasteiger partial charge is 0.444 e. The SMILES string of the molecule is Cc1ccc(NC(=O)c2nnc([C@H]3CCCN(C(=O)c4ccc(Br)o4)C3)s2)cc1. The van der Waals surface area contributed by atoms with Gasteiger partial charge in [-0.1, -0.05) is 29.0 Å². The quantitative estimate of drug-likeness (QED) is 0.602. The van der Waals surface area contributed by atoms with Crippen molar-refractivity contribution in [1.29, 1.82) is 0 Å². The number of carbonyl (C=O) groups excluding carboxylic acids is 2. The number of aromatic nitrogens is 2. The molecule has 0 saturated carbocycles. The number of benzene rings is 1. The van der Waals surface area contributed by atoms with Gasteiger partial charge >= 0.3 is 0 Å². The first-order valence-electron chi connectivity index (χ1n) is 9.25. The van der Waals surface area contributed by atoms with Gasteiger partial charge in [0, 0.05) is 24.7 Å². The summed E-state index contributed by atoms with van der Waals surface area (Å²) in [5.74, 6) is -0.0403. The van der Waals surface area contributed by atoms with Crippen LogP contribution in [0.4, 0.5) is 5.69 Å². The molecule has 29 heavy (non-hydrogen) atoms. The molecule has 1 N–H and O–H groups in total. The van der Waals surface area contributed by atoms with Crippen molar-refractivity contribution >= 4 is 44.8 Å². The smallest absolute Gasteiger partial charge is 0.289 e. The van der Waals surface area contributed by atoms with Gasteiger partial charge in [-0.25, -0.2) is 0 Å². The Morgan fingerprint density at radius 3 is 2.72 bits per heavy atom. The molecule has 1 aromatic carbocycles. The number of anilines is 1. The first-order chi connectivity index (χ1) is 14.0. The fourth-order valence-electron chi connectivity index (χ4n) is 3.26. The summed E-state index contributed by atoms with van der Waals surface area (Å²) in [7, 11) is 0. The lowest BCUT2D eigenvalue weighted by atomic mass is 9.98. The molecule has 150 valence electrons. The van der Waals surface area contributed by atoms with Crippen molar-refractivity contribution in [3.63, 3.8) is 0 Å². The maximum Gasteiger partial charge on any atom is 0.289 e. The fraction of sp³-hybridized carbons (Fsp3) is 0.300. The first kappa shape index (κ1) is 19.8. The molecule has 9 heteroatoms. The molecule has 0 spiro atoms. The van der Waals surface area contributed by atoms with Crippen LogP contribution < -0.4 is 5.32 Å². The van der Waals surface area contributed by atoms with E-state index in [1.165, 1.54) is 11.3 Å². The molecule has 0 aliphatic carbocycles. The Hall–Kier alpha value is -2.52. The van der Waals surface area contributed by atoms with Crippen molar-refractivity contribution in [2.75, 3.05) is 18.4 Å². The molecule has 3 aromatic rings. The van der Waals surface area contributed by atoms with E-state index in [9.17, 15) is 9.59 Å². The van der Waals surface area contributed by atoms with Crippen LogP contribution in [0.3, 0.4) is 0 Å². The molecule has 1 saturated heterocycles. The second kappa shape index (κ2) is 8.46. The first-order valence-corrected chi connectivity index (χ1v) is 10.9. The zero-order valence-electron chi connectivity index (χ0n) is 15.7. The van der Waals surface area contributed by atoms with Crippen LogP contribution in [0, 0.1) is 6.92 Å². The van der Waals surface area contributed by atoms with Gasteiger partial charge in [0.05, 0.1) is 0 Å². The van der Waals surface area contributed by atoms with E-state index >= 15 is 0 Å². The minimum Gasteiger partial charge on any atom is -0.444 e. The molecular formula is C20H19BrN4O3S. The third-order valence-corrected chi connectivity index (χ3v) is 6.30. The number of nitrogens with zero attached hydrogens (tertiary/aromatic N) is 3. The van der Waals surface area contributed by atoms with Crippen molar-refractivity contribution in [2.24, 2.45) is 0 Å². The van der Waals surface area contributed by atoms with Gasteiger partial charge < -0.3 is 14.6 Å². The average molecular weight is 475 g/mol. The Kier molecular flexibility index (Phi) is 5.77. The molecule has 7 nitrogen and oxygen atoms in total. The molecule has 2 aromatic heterocycles. The monoisotopic (exact) mass is 474 g/mol. The van der Waals surface area contributed by atoms with Crippen LogP contribution in [-0.4, -0.2) is 40.0 Å². The standard InChI is InChI=1S/C20H19BrN4O3S/c1-12-4-6-14(7-5-12)22-17(26)19-24-23-18(29-19)13-3-2-10-25(11-13)20(27)15-8-9-16(21)28-15/h4-9,13H,2-3,10-11H2,1H3,(H,22,26)/t13-/m0/s1. The molecule has 0 bridgehead atoms. The molecule has 3 heterocycles. The van der Waals surface area contributed by atoms with Gasteiger partial charge in [0.2, 0.25) is 5.01 Å². The van der Waals surface area contributed by atoms with Gasteiger partial charge in [0.15, 0.2) is 10.4 Å². The lowest BCUT2D eigenvalue weighted by Gasteiger charge is -2.30. The number of rotatable bonds is 4. The molecule has 0 radical (unpaired) electrons. The van der Waals surface area contributed by atoms with Gasteiger partial charge in [-0.05, 0) is 60.0 Å². The predicted molar refractivity (Wildman–Crippen MR) is 113 cm³/mol. The third kappa shape index (κ3) is 4.56. The highest BCUT2D eigenvalue weighted by atomic mass is 79.9. The number of hydrogen-bond acceptors (Lipinski definition) is 6. The number of piperidine rings is 1. The number of carbonyl (C=O) groups is 2. The number of furan rings is 1. The number of likely N-dealkylation sites (tertiary alicyclic amines) is 1. The van der Waals surface area contributed by atoms with Gasteiger partial charge in [-0.3, -0.25) is 9.59 Å². The number of hydrogen-bond donors (Lipinski definition) is 1. The summed E-state index contributed by atoms with van der Waals surface area (Å²) < 4.78 is 5.92. The van der Waals surface area contributed by atoms with Crippen LogP contribution in [0.2, 0.25) is 0 Å². The van der Waals surface area contributed by atoms with Crippen molar-refractivity contribution in [1.82, 2.24) is 15.1 Å². The van der Waals surface area contributed by atoms with E-state index in [1.54, 1.807) is 17.0 Å². The summed E-state index contributed by atoms with van der Waals surface area (Å²) in [4.78, 5) is 26.9. The molecule has 1 aliphatic rings. The topological polar surface area (TPSA) is 88.3 Å². The molecule has 0 unspecified atom stereocenters. The predicted octanol–water partition coefficient (Wildman–Crippen LogP) is 4.47. The second-order valence-electron chi connectivity index (χ2n) is 6.96. The van der Waals surface area contributed by atoms with Crippen LogP contribution in [0.15, 0.2) is 45.5 Å². The summed E-state index contributed by atoms with van der Waals surface area (Å²) in [6.07, 6.45) is 1.77. The second-order valence-corrected chi connectivity index (χ2v) is 8.75. The zero-order valence-corrected chi connectivity index (χ0v) is 18.1. The van der Waals surface area contributed by atoms with Crippen LogP contribution in [0.1, 0.15) is 49.7 Å². The third-order valence-electron chi connectivity index (χ3n) is 4.79. The van der Waals surface area contributed by atoms with E-state index in [0.717, 1.165) is 29.1 Å². The van der Waals surface area contributed by atoms with E-state index in [1.807, 2.05) is 31.2 Å². The van der Waals surface area contributed by atoms with Gasteiger partial charge in [0.1, 0.15) is 5.01 Å². The summed E-state index contributed by atoms with van der Waals surface area (Å²) in [5, 5.41) is 12.2. The Morgan fingerprint density at radius 1 is 1.21 bits per heavy atom. The van der Waals surface area contributed by atoms with E-state index in [0.29, 0.717) is 28.5 Å². The van der Waals surface area contributed by atoms with Gasteiger partial charge in [-0.15, -0.1) is 10.2 Å². The van der Waals surface area contributed by atoms with Crippen LogP contribution in [0.25, 0.3) is 0 Å². The van der Waals surface area contributed by atoms with Crippen molar-refractivity contribution in [3.8, 4) is 0 Å². The Morgan fingerprint density at radius 2 is 2.00 bits per heavy atom. The Labute approximate surface area is 180 Å². The van der Waals surface area contributed by atoms with E-state index in [2.05, 4.69) is 31.4 Å². The highest BCUT2D eigenvalue weighted by Crippen LogP contribution is 2.30. The van der Waals surface area contributed by atoms with Crippen molar-refractivity contribution in [2.45, 2.75) is 25.7 Å². The molecular weight excluding hydrogens is 456 g/mol. The minimum absolute atomic E-state index is 0.0597. The molecule has 1 atom stereocenters. The summed E-state index contributed by atoms with van der Waals surface area (Å²) in [6.45, 7) is 3.20. The summed E-state index contributed by atoms with van der Waals surface area (Å²) >= 11 is 4.50. The molecule has 4 rings (SSSR count). The molecule has 1 fully saturated rings. The van der Waals surface area contributed by atoms with Crippen molar-refractivity contribution < 1.29 is 14.0 Å². The normalized spacial score (nSPS) is 16.6. The fourth-order valence-corrected chi connectivity index (χ4v) is 4.43. The highest BCUT2D eigenvalue weighted by molar-refractivity contribution is 9.10. The highest BCUT2D eigenvalue weighted by Gasteiger charge is 2.29. The van der Waals surface area contributed by atoms with E-state index in [-0.39, 0.29) is 17.7 Å².